The Balaban J connectivity index is 1.86. The lowest BCUT2D eigenvalue weighted by Crippen LogP contribution is -2.25. The first-order chi connectivity index (χ1) is 13.0. The van der Waals surface area contributed by atoms with Crippen molar-refractivity contribution in [2.45, 2.75) is 39.7 Å². The van der Waals surface area contributed by atoms with Crippen LogP contribution in [0.1, 0.15) is 42.9 Å². The van der Waals surface area contributed by atoms with Crippen molar-refractivity contribution < 1.29 is 14.3 Å². The number of aryl methyl sites for hydroxylation is 1. The molecule has 5 heteroatoms. The fraction of sp³-hybridized carbons (Fsp3) is 0.409. The number of rotatable bonds is 9. The average molecular weight is 370 g/mol. The molecule has 2 N–H and O–H groups in total. The monoisotopic (exact) mass is 370 g/mol. The van der Waals surface area contributed by atoms with Crippen LogP contribution in [0.3, 0.4) is 0 Å². The Bertz CT molecular complexity index is 772. The van der Waals surface area contributed by atoms with E-state index >= 15 is 0 Å². The van der Waals surface area contributed by atoms with Crippen LogP contribution in [0.5, 0.6) is 11.5 Å². The molecule has 0 aliphatic rings. The molecule has 27 heavy (non-hydrogen) atoms. The highest BCUT2D eigenvalue weighted by atomic mass is 16.5. The van der Waals surface area contributed by atoms with Gasteiger partial charge in [0.1, 0.15) is 0 Å². The molecule has 0 bridgehead atoms. The minimum Gasteiger partial charge on any atom is -0.493 e. The van der Waals surface area contributed by atoms with Crippen molar-refractivity contribution in [2.75, 3.05) is 26.1 Å². The van der Waals surface area contributed by atoms with Gasteiger partial charge in [-0.15, -0.1) is 0 Å². The summed E-state index contributed by atoms with van der Waals surface area (Å²) in [5.74, 6) is 1.78. The molecule has 0 radical (unpaired) electrons. The summed E-state index contributed by atoms with van der Waals surface area (Å²) in [6, 6.07) is 11.9. The Labute approximate surface area is 162 Å². The van der Waals surface area contributed by atoms with E-state index in [4.69, 9.17) is 9.47 Å². The SMILES string of the molecule is COc1ccc(CNC(=O)CCNc2c(C)cccc2C(C)C)cc1OC. The quantitative estimate of drug-likeness (QED) is 0.693. The second kappa shape index (κ2) is 9.86. The van der Waals surface area contributed by atoms with Crippen LogP contribution >= 0.6 is 0 Å². The second-order valence-electron chi connectivity index (χ2n) is 6.84. The van der Waals surface area contributed by atoms with Crippen LogP contribution < -0.4 is 20.1 Å². The number of hydrogen-bond acceptors (Lipinski definition) is 4. The van der Waals surface area contributed by atoms with Crippen molar-refractivity contribution in [3.63, 3.8) is 0 Å². The van der Waals surface area contributed by atoms with Gasteiger partial charge in [0, 0.05) is 25.2 Å². The van der Waals surface area contributed by atoms with Gasteiger partial charge in [0.2, 0.25) is 5.91 Å². The predicted molar refractivity (Wildman–Crippen MR) is 110 cm³/mol. The van der Waals surface area contributed by atoms with E-state index in [1.165, 1.54) is 11.1 Å². The van der Waals surface area contributed by atoms with Gasteiger partial charge < -0.3 is 20.1 Å². The highest BCUT2D eigenvalue weighted by molar-refractivity contribution is 5.76. The molecule has 2 aromatic rings. The van der Waals surface area contributed by atoms with Gasteiger partial charge in [-0.05, 0) is 41.7 Å². The van der Waals surface area contributed by atoms with Crippen molar-refractivity contribution in [3.05, 3.63) is 53.1 Å². The van der Waals surface area contributed by atoms with E-state index in [0.717, 1.165) is 11.3 Å². The number of carbonyl (C=O) groups is 1. The Morgan fingerprint density at radius 1 is 1.07 bits per heavy atom. The van der Waals surface area contributed by atoms with Gasteiger partial charge in [-0.1, -0.05) is 38.1 Å². The van der Waals surface area contributed by atoms with Gasteiger partial charge in [-0.2, -0.15) is 0 Å². The highest BCUT2D eigenvalue weighted by Crippen LogP contribution is 2.28. The minimum atomic E-state index is 0.0111. The lowest BCUT2D eigenvalue weighted by molar-refractivity contribution is -0.121. The standard InChI is InChI=1S/C22H30N2O3/c1-15(2)18-8-6-7-16(3)22(18)23-12-11-21(25)24-14-17-9-10-19(26-4)20(13-17)27-5/h6-10,13,15,23H,11-12,14H2,1-5H3,(H,24,25). The zero-order chi connectivity index (χ0) is 19.8. The molecule has 0 saturated carbocycles. The van der Waals surface area contributed by atoms with Gasteiger partial charge in [0.25, 0.3) is 0 Å². The van der Waals surface area contributed by atoms with Crippen LogP contribution in [0.15, 0.2) is 36.4 Å². The molecule has 1 amide bonds. The third-order valence-corrected chi connectivity index (χ3v) is 4.52. The van der Waals surface area contributed by atoms with Gasteiger partial charge >= 0.3 is 0 Å². The topological polar surface area (TPSA) is 59.6 Å². The second-order valence-corrected chi connectivity index (χ2v) is 6.84. The number of hydrogen-bond donors (Lipinski definition) is 2. The molecule has 0 heterocycles. The summed E-state index contributed by atoms with van der Waals surface area (Å²) >= 11 is 0. The first-order valence-electron chi connectivity index (χ1n) is 9.27. The average Bonchev–Trinajstić information content (AvgIpc) is 2.67. The third kappa shape index (κ3) is 5.64. The smallest absolute Gasteiger partial charge is 0.222 e. The summed E-state index contributed by atoms with van der Waals surface area (Å²) < 4.78 is 10.5. The Morgan fingerprint density at radius 2 is 1.81 bits per heavy atom. The summed E-state index contributed by atoms with van der Waals surface area (Å²) in [7, 11) is 3.20. The minimum absolute atomic E-state index is 0.0111. The molecule has 0 fully saturated rings. The molecule has 5 nitrogen and oxygen atoms in total. The summed E-state index contributed by atoms with van der Waals surface area (Å²) in [4.78, 5) is 12.2. The van der Waals surface area contributed by atoms with Crippen LogP contribution in [-0.4, -0.2) is 26.7 Å². The molecule has 146 valence electrons. The molecule has 0 spiro atoms. The van der Waals surface area contributed by atoms with Crippen LogP contribution in [-0.2, 0) is 11.3 Å². The zero-order valence-corrected chi connectivity index (χ0v) is 16.9. The summed E-state index contributed by atoms with van der Waals surface area (Å²) in [5.41, 5.74) is 4.59. The van der Waals surface area contributed by atoms with Gasteiger partial charge in [0.15, 0.2) is 11.5 Å². The Hall–Kier alpha value is -2.69. The fourth-order valence-corrected chi connectivity index (χ4v) is 2.99. The first kappa shape index (κ1) is 20.6. The lowest BCUT2D eigenvalue weighted by atomic mass is 9.98. The van der Waals surface area contributed by atoms with E-state index in [-0.39, 0.29) is 5.91 Å². The van der Waals surface area contributed by atoms with Gasteiger partial charge in [-0.25, -0.2) is 0 Å². The van der Waals surface area contributed by atoms with E-state index in [9.17, 15) is 4.79 Å². The van der Waals surface area contributed by atoms with E-state index in [2.05, 4.69) is 49.6 Å². The fourth-order valence-electron chi connectivity index (χ4n) is 2.99. The maximum atomic E-state index is 12.2. The van der Waals surface area contributed by atoms with Crippen molar-refractivity contribution in [1.29, 1.82) is 0 Å². The van der Waals surface area contributed by atoms with Crippen LogP contribution in [0.25, 0.3) is 0 Å². The van der Waals surface area contributed by atoms with E-state index < -0.39 is 0 Å². The largest absolute Gasteiger partial charge is 0.493 e. The van der Waals surface area contributed by atoms with E-state index in [1.807, 2.05) is 18.2 Å². The summed E-state index contributed by atoms with van der Waals surface area (Å²) in [5, 5.41) is 6.38. The maximum absolute atomic E-state index is 12.2. The zero-order valence-electron chi connectivity index (χ0n) is 16.9. The molecular weight excluding hydrogens is 340 g/mol. The number of benzene rings is 2. The summed E-state index contributed by atoms with van der Waals surface area (Å²) in [6.07, 6.45) is 0.416. The Morgan fingerprint density at radius 3 is 2.48 bits per heavy atom. The highest BCUT2D eigenvalue weighted by Gasteiger charge is 2.10. The molecule has 0 saturated heterocycles. The van der Waals surface area contributed by atoms with Crippen LogP contribution in [0, 0.1) is 6.92 Å². The maximum Gasteiger partial charge on any atom is 0.222 e. The number of para-hydroxylation sites is 1. The number of anilines is 1. The van der Waals surface area contributed by atoms with Gasteiger partial charge in [-0.3, -0.25) is 4.79 Å². The third-order valence-electron chi connectivity index (χ3n) is 4.52. The molecule has 2 aromatic carbocycles. The van der Waals surface area contributed by atoms with Gasteiger partial charge in [0.05, 0.1) is 14.2 Å². The molecule has 0 aliphatic carbocycles. The molecule has 2 rings (SSSR count). The number of carbonyl (C=O) groups excluding carboxylic acids is 1. The van der Waals surface area contributed by atoms with Crippen LogP contribution in [0.4, 0.5) is 5.69 Å². The van der Waals surface area contributed by atoms with Crippen LogP contribution in [0.2, 0.25) is 0 Å². The Kier molecular flexibility index (Phi) is 7.53. The predicted octanol–water partition coefficient (Wildman–Crippen LogP) is 4.25. The number of nitrogens with one attached hydrogen (secondary N) is 2. The number of amides is 1. The van der Waals surface area contributed by atoms with Crippen molar-refractivity contribution in [1.82, 2.24) is 5.32 Å². The van der Waals surface area contributed by atoms with Crippen molar-refractivity contribution in [3.8, 4) is 11.5 Å². The number of ether oxygens (including phenoxy) is 2. The molecule has 0 aromatic heterocycles. The molecular formula is C22H30N2O3. The molecule has 0 unspecified atom stereocenters. The lowest BCUT2D eigenvalue weighted by Gasteiger charge is -2.17. The molecule has 0 atom stereocenters. The first-order valence-corrected chi connectivity index (χ1v) is 9.27. The normalized spacial score (nSPS) is 10.6. The number of methoxy groups -OCH3 is 2. The summed E-state index contributed by atoms with van der Waals surface area (Å²) in [6.45, 7) is 7.50. The van der Waals surface area contributed by atoms with Crippen molar-refractivity contribution in [2.24, 2.45) is 0 Å². The molecule has 0 aliphatic heterocycles. The van der Waals surface area contributed by atoms with E-state index in [0.29, 0.717) is 36.9 Å². The van der Waals surface area contributed by atoms with E-state index in [1.54, 1.807) is 14.2 Å². The van der Waals surface area contributed by atoms with Crippen molar-refractivity contribution >= 4 is 11.6 Å².